The van der Waals surface area contributed by atoms with Crippen LogP contribution < -0.4 is 5.32 Å². The summed E-state index contributed by atoms with van der Waals surface area (Å²) in [6.07, 6.45) is -4.47. The molecule has 0 radical (unpaired) electrons. The van der Waals surface area contributed by atoms with E-state index < -0.39 is 17.6 Å². The van der Waals surface area contributed by atoms with Crippen LogP contribution in [0.4, 0.5) is 22.0 Å². The number of hydrogen-bond donors (Lipinski definition) is 1. The molecule has 168 valence electrons. The molecule has 0 saturated carbocycles. The van der Waals surface area contributed by atoms with E-state index in [0.29, 0.717) is 5.56 Å². The van der Waals surface area contributed by atoms with Gasteiger partial charge in [-0.15, -0.1) is 0 Å². The Bertz CT molecular complexity index is 1070. The fraction of sp³-hybridized carbons (Fsp3) is 0.174. The van der Waals surface area contributed by atoms with Crippen LogP contribution in [0.2, 0.25) is 0 Å². The maximum Gasteiger partial charge on any atom is 0.416 e. The Labute approximate surface area is 186 Å². The van der Waals surface area contributed by atoms with Crippen molar-refractivity contribution in [2.45, 2.75) is 17.6 Å². The first-order valence-corrected chi connectivity index (χ1v) is 10.3. The van der Waals surface area contributed by atoms with Crippen LogP contribution in [0.15, 0.2) is 71.6 Å². The van der Waals surface area contributed by atoms with Crippen molar-refractivity contribution in [2.24, 2.45) is 0 Å². The van der Waals surface area contributed by atoms with Crippen molar-refractivity contribution >= 4 is 17.9 Å². The molecule has 0 aliphatic carbocycles. The lowest BCUT2D eigenvalue weighted by Crippen LogP contribution is -2.32. The maximum absolute atomic E-state index is 14.9. The monoisotopic (exact) mass is 466 g/mol. The Hall–Kier alpha value is -2.91. The molecular formula is C23H19F5N2OS. The van der Waals surface area contributed by atoms with E-state index in [-0.39, 0.29) is 35.9 Å². The van der Waals surface area contributed by atoms with Crippen molar-refractivity contribution in [1.29, 1.82) is 0 Å². The molecule has 0 aliphatic rings. The van der Waals surface area contributed by atoms with Gasteiger partial charge in [-0.05, 0) is 61.0 Å². The fourth-order valence-electron chi connectivity index (χ4n) is 2.94. The lowest BCUT2D eigenvalue weighted by Gasteiger charge is -2.16. The summed E-state index contributed by atoms with van der Waals surface area (Å²) in [5, 5.41) is 2.63. The van der Waals surface area contributed by atoms with Crippen molar-refractivity contribution < 1.29 is 26.7 Å². The lowest BCUT2D eigenvalue weighted by molar-refractivity contribution is -0.137. The van der Waals surface area contributed by atoms with Gasteiger partial charge in [-0.3, -0.25) is 4.79 Å². The second-order valence-electron chi connectivity index (χ2n) is 6.96. The molecule has 3 aromatic rings. The minimum atomic E-state index is -4.47. The third kappa shape index (κ3) is 6.30. The molecular weight excluding hydrogens is 447 g/mol. The number of halogens is 5. The highest BCUT2D eigenvalue weighted by Crippen LogP contribution is 2.32. The molecule has 3 nitrogen and oxygen atoms in total. The predicted octanol–water partition coefficient (Wildman–Crippen LogP) is 5.91. The van der Waals surface area contributed by atoms with Crippen molar-refractivity contribution in [2.75, 3.05) is 13.6 Å². The van der Waals surface area contributed by atoms with E-state index in [9.17, 15) is 26.7 Å². The topological polar surface area (TPSA) is 32.3 Å². The first kappa shape index (κ1) is 23.7. The predicted molar refractivity (Wildman–Crippen MR) is 114 cm³/mol. The largest absolute Gasteiger partial charge is 0.416 e. The average Bonchev–Trinajstić information content (AvgIpc) is 2.74. The molecule has 3 aromatic carbocycles. The van der Waals surface area contributed by atoms with Gasteiger partial charge in [0.2, 0.25) is 5.91 Å². The molecule has 1 N–H and O–H groups in total. The van der Waals surface area contributed by atoms with E-state index in [1.807, 2.05) is 0 Å². The third-order valence-electron chi connectivity index (χ3n) is 4.52. The molecule has 3 rings (SSSR count). The van der Waals surface area contributed by atoms with Crippen LogP contribution in [0.3, 0.4) is 0 Å². The Morgan fingerprint density at radius 1 is 0.969 bits per heavy atom. The van der Waals surface area contributed by atoms with Crippen LogP contribution in [0.1, 0.15) is 11.1 Å². The van der Waals surface area contributed by atoms with Crippen molar-refractivity contribution in [1.82, 2.24) is 9.62 Å². The summed E-state index contributed by atoms with van der Waals surface area (Å²) in [6.45, 7) is -0.0591. The first-order chi connectivity index (χ1) is 15.1. The van der Waals surface area contributed by atoms with Gasteiger partial charge in [0.25, 0.3) is 0 Å². The molecule has 0 saturated heterocycles. The Kier molecular flexibility index (Phi) is 7.52. The Morgan fingerprint density at radius 2 is 1.62 bits per heavy atom. The van der Waals surface area contributed by atoms with Crippen LogP contribution in [0, 0.1) is 11.6 Å². The number of carbonyl (C=O) groups is 1. The van der Waals surface area contributed by atoms with E-state index >= 15 is 0 Å². The number of benzene rings is 3. The highest BCUT2D eigenvalue weighted by Gasteiger charge is 2.30. The highest BCUT2D eigenvalue weighted by molar-refractivity contribution is 7.97. The van der Waals surface area contributed by atoms with Crippen LogP contribution in [-0.2, 0) is 17.5 Å². The maximum atomic E-state index is 14.9. The number of nitrogens with zero attached hydrogens (tertiary/aromatic N) is 1. The molecule has 1 amide bonds. The SMILES string of the molecule is CN(CC(=O)NCc1cccc(-c2ccc(C(F)(F)F)cc2)c1F)Sc1ccc(F)cc1. The zero-order valence-corrected chi connectivity index (χ0v) is 17.7. The second kappa shape index (κ2) is 10.1. The summed E-state index contributed by atoms with van der Waals surface area (Å²) in [6, 6.07) is 14.6. The summed E-state index contributed by atoms with van der Waals surface area (Å²) in [4.78, 5) is 13.0. The molecule has 0 aromatic heterocycles. The third-order valence-corrected chi connectivity index (χ3v) is 5.44. The molecule has 0 heterocycles. The van der Waals surface area contributed by atoms with Crippen LogP contribution in [-0.4, -0.2) is 23.8 Å². The minimum Gasteiger partial charge on any atom is -0.351 e. The van der Waals surface area contributed by atoms with Crippen molar-refractivity contribution in [3.63, 3.8) is 0 Å². The summed E-state index contributed by atoms with van der Waals surface area (Å²) in [5.41, 5.74) is -0.147. The van der Waals surface area contributed by atoms with E-state index in [1.54, 1.807) is 29.6 Å². The van der Waals surface area contributed by atoms with Crippen LogP contribution in [0.25, 0.3) is 11.1 Å². The smallest absolute Gasteiger partial charge is 0.351 e. The highest BCUT2D eigenvalue weighted by atomic mass is 32.2. The number of amides is 1. The van der Waals surface area contributed by atoms with Crippen molar-refractivity contribution in [3.8, 4) is 11.1 Å². The lowest BCUT2D eigenvalue weighted by atomic mass is 10.0. The van der Waals surface area contributed by atoms with E-state index in [1.165, 1.54) is 48.3 Å². The number of likely N-dealkylation sites (N-methyl/N-ethyl adjacent to an activating group) is 1. The van der Waals surface area contributed by atoms with E-state index in [4.69, 9.17) is 0 Å². The molecule has 0 fully saturated rings. The van der Waals surface area contributed by atoms with Gasteiger partial charge in [-0.1, -0.05) is 30.3 Å². The summed E-state index contributed by atoms with van der Waals surface area (Å²) in [5.74, 6) is -1.31. The molecule has 32 heavy (non-hydrogen) atoms. The van der Waals surface area contributed by atoms with Gasteiger partial charge < -0.3 is 5.32 Å². The molecule has 0 spiro atoms. The Morgan fingerprint density at radius 3 is 2.25 bits per heavy atom. The van der Waals surface area contributed by atoms with Gasteiger partial charge in [-0.25, -0.2) is 13.1 Å². The number of carbonyl (C=O) groups excluding carboxylic acids is 1. The molecule has 0 aliphatic heterocycles. The average molecular weight is 466 g/mol. The second-order valence-corrected chi connectivity index (χ2v) is 8.24. The van der Waals surface area contributed by atoms with Gasteiger partial charge in [0.15, 0.2) is 0 Å². The van der Waals surface area contributed by atoms with Crippen LogP contribution in [0.5, 0.6) is 0 Å². The van der Waals surface area contributed by atoms with Crippen LogP contribution >= 0.6 is 11.9 Å². The van der Waals surface area contributed by atoms with Gasteiger partial charge in [0.05, 0.1) is 12.1 Å². The quantitative estimate of drug-likeness (QED) is 0.347. The number of alkyl halides is 3. The standard InChI is InChI=1S/C23H19F5N2OS/c1-30(32-19-11-9-18(24)10-12-19)14-21(31)29-13-16-3-2-4-20(22(16)25)15-5-7-17(8-6-15)23(26,27)28/h2-12H,13-14H2,1H3,(H,29,31). The zero-order chi connectivity index (χ0) is 23.3. The molecule has 9 heteroatoms. The summed E-state index contributed by atoms with van der Waals surface area (Å²) >= 11 is 1.26. The minimum absolute atomic E-state index is 0.0161. The molecule has 0 unspecified atom stereocenters. The Balaban J connectivity index is 1.60. The van der Waals surface area contributed by atoms with Gasteiger partial charge in [0, 0.05) is 22.6 Å². The fourth-order valence-corrected chi connectivity index (χ4v) is 3.74. The number of nitrogens with one attached hydrogen (secondary N) is 1. The van der Waals surface area contributed by atoms with Gasteiger partial charge in [0.1, 0.15) is 11.6 Å². The summed E-state index contributed by atoms with van der Waals surface area (Å²) in [7, 11) is 1.69. The number of rotatable bonds is 7. The molecule has 0 bridgehead atoms. The van der Waals surface area contributed by atoms with E-state index in [2.05, 4.69) is 5.32 Å². The number of hydrogen-bond acceptors (Lipinski definition) is 3. The zero-order valence-electron chi connectivity index (χ0n) is 16.9. The van der Waals surface area contributed by atoms with Crippen molar-refractivity contribution in [3.05, 3.63) is 89.5 Å². The van der Waals surface area contributed by atoms with Gasteiger partial charge in [-0.2, -0.15) is 13.2 Å². The van der Waals surface area contributed by atoms with Gasteiger partial charge >= 0.3 is 6.18 Å². The normalized spacial score (nSPS) is 11.6. The van der Waals surface area contributed by atoms with E-state index in [0.717, 1.165) is 17.0 Å². The first-order valence-electron chi connectivity index (χ1n) is 9.50. The summed E-state index contributed by atoms with van der Waals surface area (Å²) < 4.78 is 67.7. The molecule has 0 atom stereocenters.